The number of nitrogen functional groups attached to an aromatic ring is 1. The SMILES string of the molecule is CCO[C@H](C(=O)NCc1ccc(C(=N)N)cc1)c1c(F)cc(Oc2cccc(NC(C)=O)c2)cc1F. The fourth-order valence-corrected chi connectivity index (χ4v) is 3.39. The summed E-state index contributed by atoms with van der Waals surface area (Å²) in [7, 11) is 0. The maximum Gasteiger partial charge on any atom is 0.254 e. The van der Waals surface area contributed by atoms with Crippen LogP contribution in [-0.4, -0.2) is 24.3 Å². The smallest absolute Gasteiger partial charge is 0.254 e. The molecule has 3 aromatic rings. The van der Waals surface area contributed by atoms with Gasteiger partial charge in [-0.25, -0.2) is 8.78 Å². The number of hydrogen-bond acceptors (Lipinski definition) is 5. The number of nitrogens with two attached hydrogens (primary N) is 1. The second kappa shape index (κ2) is 11.9. The van der Waals surface area contributed by atoms with Gasteiger partial charge in [0.05, 0.1) is 5.56 Å². The lowest BCUT2D eigenvalue weighted by molar-refractivity contribution is -0.133. The van der Waals surface area contributed by atoms with Gasteiger partial charge in [0.25, 0.3) is 5.91 Å². The molecule has 2 amide bonds. The Morgan fingerprint density at radius 2 is 1.69 bits per heavy atom. The predicted octanol–water partition coefficient (Wildman–Crippen LogP) is 4.39. The number of carbonyl (C=O) groups is 2. The fraction of sp³-hybridized carbons (Fsp3) is 0.192. The van der Waals surface area contributed by atoms with Crippen molar-refractivity contribution >= 4 is 23.3 Å². The van der Waals surface area contributed by atoms with Gasteiger partial charge in [-0.3, -0.25) is 15.0 Å². The minimum absolute atomic E-state index is 0.0401. The van der Waals surface area contributed by atoms with E-state index < -0.39 is 29.2 Å². The number of amides is 2. The zero-order valence-corrected chi connectivity index (χ0v) is 19.7. The maximum absolute atomic E-state index is 15.0. The van der Waals surface area contributed by atoms with E-state index in [4.69, 9.17) is 20.6 Å². The van der Waals surface area contributed by atoms with E-state index in [-0.39, 0.29) is 36.4 Å². The normalized spacial score (nSPS) is 11.4. The number of benzene rings is 3. The number of carbonyl (C=O) groups excluding carboxylic acids is 2. The molecule has 0 heterocycles. The quantitative estimate of drug-likeness (QED) is 0.245. The molecular weight excluding hydrogens is 470 g/mol. The molecule has 188 valence electrons. The van der Waals surface area contributed by atoms with Crippen molar-refractivity contribution in [2.45, 2.75) is 26.5 Å². The van der Waals surface area contributed by atoms with E-state index in [2.05, 4.69) is 10.6 Å². The highest BCUT2D eigenvalue weighted by Gasteiger charge is 2.28. The van der Waals surface area contributed by atoms with Crippen molar-refractivity contribution in [2.24, 2.45) is 5.73 Å². The molecule has 10 heteroatoms. The van der Waals surface area contributed by atoms with Crippen molar-refractivity contribution in [1.82, 2.24) is 5.32 Å². The van der Waals surface area contributed by atoms with Crippen molar-refractivity contribution in [2.75, 3.05) is 11.9 Å². The Bertz CT molecular complexity index is 1240. The van der Waals surface area contributed by atoms with Crippen LogP contribution in [0.5, 0.6) is 11.5 Å². The lowest BCUT2D eigenvalue weighted by Gasteiger charge is -2.19. The fourth-order valence-electron chi connectivity index (χ4n) is 3.39. The molecule has 8 nitrogen and oxygen atoms in total. The molecule has 0 spiro atoms. The Morgan fingerprint density at radius 1 is 1.03 bits per heavy atom. The second-order valence-electron chi connectivity index (χ2n) is 7.78. The lowest BCUT2D eigenvalue weighted by atomic mass is 10.1. The van der Waals surface area contributed by atoms with Crippen LogP contribution < -0.4 is 21.1 Å². The standard InChI is InChI=1S/C26H26F2N4O4/c1-3-35-24(26(34)31-14-16-7-9-17(10-8-16)25(29)30)23-21(27)12-20(13-22(23)28)36-19-6-4-5-18(11-19)32-15(2)33/h4-13,24H,3,14H2,1-2H3,(H3,29,30)(H,31,34)(H,32,33)/t24-/m0/s1. The Balaban J connectivity index is 1.76. The molecule has 5 N–H and O–H groups in total. The zero-order valence-electron chi connectivity index (χ0n) is 19.7. The van der Waals surface area contributed by atoms with Crippen LogP contribution in [0, 0.1) is 17.0 Å². The van der Waals surface area contributed by atoms with E-state index in [0.717, 1.165) is 12.1 Å². The summed E-state index contributed by atoms with van der Waals surface area (Å²) in [5.41, 5.74) is 6.59. The van der Waals surface area contributed by atoms with Crippen LogP contribution in [0.25, 0.3) is 0 Å². The van der Waals surface area contributed by atoms with E-state index >= 15 is 8.78 Å². The first-order chi connectivity index (χ1) is 17.2. The Hall–Kier alpha value is -4.31. The van der Waals surface area contributed by atoms with Gasteiger partial charge < -0.3 is 25.8 Å². The molecule has 0 fully saturated rings. The average molecular weight is 497 g/mol. The van der Waals surface area contributed by atoms with Gasteiger partial charge in [-0.05, 0) is 24.6 Å². The summed E-state index contributed by atoms with van der Waals surface area (Å²) >= 11 is 0. The predicted molar refractivity (Wildman–Crippen MR) is 131 cm³/mol. The average Bonchev–Trinajstić information content (AvgIpc) is 2.81. The zero-order chi connectivity index (χ0) is 26.2. The molecule has 0 aliphatic heterocycles. The van der Waals surface area contributed by atoms with Gasteiger partial charge in [0, 0.05) is 49.5 Å². The van der Waals surface area contributed by atoms with E-state index in [0.29, 0.717) is 16.8 Å². The largest absolute Gasteiger partial charge is 0.457 e. The summed E-state index contributed by atoms with van der Waals surface area (Å²) < 4.78 is 41.0. The topological polar surface area (TPSA) is 127 Å². The third-order valence-electron chi connectivity index (χ3n) is 5.01. The number of anilines is 1. The van der Waals surface area contributed by atoms with Gasteiger partial charge in [-0.1, -0.05) is 30.3 Å². The molecule has 1 atom stereocenters. The first kappa shape index (κ1) is 26.3. The van der Waals surface area contributed by atoms with Crippen molar-refractivity contribution < 1.29 is 27.8 Å². The van der Waals surface area contributed by atoms with Crippen molar-refractivity contribution in [1.29, 1.82) is 5.41 Å². The number of ether oxygens (including phenoxy) is 2. The van der Waals surface area contributed by atoms with Gasteiger partial charge in [-0.15, -0.1) is 0 Å². The molecule has 0 saturated carbocycles. The van der Waals surface area contributed by atoms with Crippen molar-refractivity contribution in [3.05, 3.63) is 89.0 Å². The van der Waals surface area contributed by atoms with Crippen LogP contribution >= 0.6 is 0 Å². The van der Waals surface area contributed by atoms with Crippen LogP contribution in [0.3, 0.4) is 0 Å². The third kappa shape index (κ3) is 6.86. The molecule has 0 aromatic heterocycles. The van der Waals surface area contributed by atoms with Gasteiger partial charge in [0.1, 0.15) is 29.0 Å². The van der Waals surface area contributed by atoms with E-state index in [1.54, 1.807) is 49.4 Å². The summed E-state index contributed by atoms with van der Waals surface area (Å²) in [6.07, 6.45) is -1.52. The van der Waals surface area contributed by atoms with Crippen molar-refractivity contribution in [3.8, 4) is 11.5 Å². The number of nitrogens with one attached hydrogen (secondary N) is 3. The molecule has 0 aliphatic rings. The Labute approximate surface area is 206 Å². The molecule has 0 unspecified atom stereocenters. The molecule has 0 radical (unpaired) electrons. The second-order valence-corrected chi connectivity index (χ2v) is 7.78. The van der Waals surface area contributed by atoms with Gasteiger partial charge in [0.2, 0.25) is 5.91 Å². The highest BCUT2D eigenvalue weighted by Crippen LogP contribution is 2.31. The highest BCUT2D eigenvalue weighted by molar-refractivity contribution is 5.94. The monoisotopic (exact) mass is 496 g/mol. The number of hydrogen-bond donors (Lipinski definition) is 4. The van der Waals surface area contributed by atoms with Crippen LogP contribution in [-0.2, 0) is 20.9 Å². The Morgan fingerprint density at radius 3 is 2.28 bits per heavy atom. The van der Waals surface area contributed by atoms with Crippen LogP contribution in [0.15, 0.2) is 60.7 Å². The summed E-state index contributed by atoms with van der Waals surface area (Å²) in [5.74, 6) is -2.98. The molecule has 0 saturated heterocycles. The van der Waals surface area contributed by atoms with Gasteiger partial charge in [-0.2, -0.15) is 0 Å². The maximum atomic E-state index is 15.0. The van der Waals surface area contributed by atoms with Gasteiger partial charge in [0.15, 0.2) is 6.10 Å². The molecule has 0 bridgehead atoms. The summed E-state index contributed by atoms with van der Waals surface area (Å²) in [6, 6.07) is 14.9. The number of rotatable bonds is 10. The minimum atomic E-state index is -1.52. The highest BCUT2D eigenvalue weighted by atomic mass is 19.1. The third-order valence-corrected chi connectivity index (χ3v) is 5.01. The summed E-state index contributed by atoms with van der Waals surface area (Å²) in [6.45, 7) is 3.08. The van der Waals surface area contributed by atoms with E-state index in [1.807, 2.05) is 0 Å². The van der Waals surface area contributed by atoms with Crippen molar-refractivity contribution in [3.63, 3.8) is 0 Å². The first-order valence-electron chi connectivity index (χ1n) is 11.0. The summed E-state index contributed by atoms with van der Waals surface area (Å²) in [4.78, 5) is 24.0. The van der Waals surface area contributed by atoms with E-state index in [1.165, 1.54) is 13.0 Å². The van der Waals surface area contributed by atoms with Gasteiger partial charge >= 0.3 is 0 Å². The molecular formula is C26H26F2N4O4. The number of amidine groups is 1. The minimum Gasteiger partial charge on any atom is -0.457 e. The lowest BCUT2D eigenvalue weighted by Crippen LogP contribution is -2.31. The van der Waals surface area contributed by atoms with E-state index in [9.17, 15) is 9.59 Å². The van der Waals surface area contributed by atoms with Crippen LogP contribution in [0.2, 0.25) is 0 Å². The molecule has 36 heavy (non-hydrogen) atoms. The molecule has 3 aromatic carbocycles. The molecule has 0 aliphatic carbocycles. The molecule has 3 rings (SSSR count). The Kier molecular flexibility index (Phi) is 8.69. The first-order valence-corrected chi connectivity index (χ1v) is 11.0. The summed E-state index contributed by atoms with van der Waals surface area (Å²) in [5, 5.41) is 12.6. The number of halogens is 2. The van der Waals surface area contributed by atoms with Crippen LogP contribution in [0.1, 0.15) is 36.6 Å². The van der Waals surface area contributed by atoms with Crippen LogP contribution in [0.4, 0.5) is 14.5 Å².